The van der Waals surface area contributed by atoms with Crippen LogP contribution >= 0.6 is 0 Å². The molecule has 1 N–H and O–H groups in total. The quantitative estimate of drug-likeness (QED) is 0.647. The van der Waals surface area contributed by atoms with E-state index in [-0.39, 0.29) is 6.10 Å². The van der Waals surface area contributed by atoms with E-state index < -0.39 is 0 Å². The van der Waals surface area contributed by atoms with Crippen LogP contribution in [0.2, 0.25) is 0 Å². The van der Waals surface area contributed by atoms with Crippen LogP contribution in [0.1, 0.15) is 50.8 Å². The first kappa shape index (κ1) is 17.6. The summed E-state index contributed by atoms with van der Waals surface area (Å²) in [6.07, 6.45) is 3.61. The van der Waals surface area contributed by atoms with Crippen molar-refractivity contribution in [3.05, 3.63) is 65.7 Å². The van der Waals surface area contributed by atoms with Crippen molar-refractivity contribution >= 4 is 0 Å². The summed E-state index contributed by atoms with van der Waals surface area (Å²) < 4.78 is 5.71. The van der Waals surface area contributed by atoms with Crippen molar-refractivity contribution in [1.29, 1.82) is 0 Å². The van der Waals surface area contributed by atoms with Crippen molar-refractivity contribution in [2.45, 2.75) is 52.2 Å². The third kappa shape index (κ3) is 6.07. The first-order chi connectivity index (χ1) is 11.2. The largest absolute Gasteiger partial charge is 0.491 e. The topological polar surface area (TPSA) is 21.3 Å². The van der Waals surface area contributed by atoms with Gasteiger partial charge in [-0.1, -0.05) is 49.4 Å². The van der Waals surface area contributed by atoms with E-state index in [1.165, 1.54) is 11.1 Å². The smallest absolute Gasteiger partial charge is 0.119 e. The highest BCUT2D eigenvalue weighted by atomic mass is 16.5. The van der Waals surface area contributed by atoms with Gasteiger partial charge in [-0.05, 0) is 62.9 Å². The van der Waals surface area contributed by atoms with Crippen LogP contribution in [0.25, 0.3) is 0 Å². The van der Waals surface area contributed by atoms with Crippen molar-refractivity contribution in [3.8, 4) is 5.75 Å². The number of hydrogen-bond donors (Lipinski definition) is 1. The lowest BCUT2D eigenvalue weighted by Crippen LogP contribution is -2.22. The van der Waals surface area contributed by atoms with E-state index in [1.807, 2.05) is 0 Å². The average Bonchev–Trinajstić information content (AvgIpc) is 2.56. The predicted molar refractivity (Wildman–Crippen MR) is 98.0 cm³/mol. The van der Waals surface area contributed by atoms with Gasteiger partial charge in [0.15, 0.2) is 0 Å². The molecule has 0 spiro atoms. The minimum Gasteiger partial charge on any atom is -0.491 e. The highest BCUT2D eigenvalue weighted by molar-refractivity contribution is 5.29. The van der Waals surface area contributed by atoms with Gasteiger partial charge in [-0.2, -0.15) is 0 Å². The van der Waals surface area contributed by atoms with Crippen LogP contribution in [0.4, 0.5) is 0 Å². The molecule has 2 aromatic carbocycles. The average molecular weight is 311 g/mol. The molecule has 1 unspecified atom stereocenters. The molecule has 0 aliphatic carbocycles. The van der Waals surface area contributed by atoms with E-state index in [0.29, 0.717) is 6.04 Å². The molecule has 0 radical (unpaired) electrons. The zero-order valence-electron chi connectivity index (χ0n) is 14.6. The van der Waals surface area contributed by atoms with Crippen molar-refractivity contribution in [1.82, 2.24) is 5.32 Å². The van der Waals surface area contributed by atoms with Gasteiger partial charge in [0, 0.05) is 6.04 Å². The molecular formula is C21H29NO. The Bertz CT molecular complexity index is 548. The van der Waals surface area contributed by atoms with Gasteiger partial charge in [0.05, 0.1) is 6.10 Å². The molecule has 2 aromatic rings. The highest BCUT2D eigenvalue weighted by Gasteiger charge is 2.08. The van der Waals surface area contributed by atoms with E-state index >= 15 is 0 Å². The Labute approximate surface area is 140 Å². The van der Waals surface area contributed by atoms with Gasteiger partial charge in [-0.3, -0.25) is 0 Å². The van der Waals surface area contributed by atoms with Crippen LogP contribution in [-0.2, 0) is 6.42 Å². The Morgan fingerprint density at radius 1 is 0.957 bits per heavy atom. The van der Waals surface area contributed by atoms with E-state index in [4.69, 9.17) is 4.74 Å². The summed E-state index contributed by atoms with van der Waals surface area (Å²) in [6.45, 7) is 7.37. The second-order valence-corrected chi connectivity index (χ2v) is 6.24. The van der Waals surface area contributed by atoms with E-state index in [0.717, 1.165) is 31.6 Å². The molecule has 0 saturated heterocycles. The number of aryl methyl sites for hydroxylation is 1. The van der Waals surface area contributed by atoms with Crippen molar-refractivity contribution in [2.24, 2.45) is 0 Å². The number of benzene rings is 2. The van der Waals surface area contributed by atoms with Crippen LogP contribution in [-0.4, -0.2) is 12.6 Å². The Morgan fingerprint density at radius 3 is 2.26 bits per heavy atom. The molecule has 0 aromatic heterocycles. The summed E-state index contributed by atoms with van der Waals surface area (Å²) >= 11 is 0. The minimum absolute atomic E-state index is 0.221. The van der Waals surface area contributed by atoms with E-state index in [9.17, 15) is 0 Å². The van der Waals surface area contributed by atoms with Crippen molar-refractivity contribution in [3.63, 3.8) is 0 Å². The molecule has 23 heavy (non-hydrogen) atoms. The number of ether oxygens (including phenoxy) is 1. The van der Waals surface area contributed by atoms with Crippen molar-refractivity contribution in [2.75, 3.05) is 6.54 Å². The zero-order valence-corrected chi connectivity index (χ0v) is 14.6. The van der Waals surface area contributed by atoms with E-state index in [1.54, 1.807) is 0 Å². The summed E-state index contributed by atoms with van der Waals surface area (Å²) in [5.41, 5.74) is 2.75. The molecule has 0 aliphatic heterocycles. The zero-order chi connectivity index (χ0) is 16.5. The highest BCUT2D eigenvalue weighted by Crippen LogP contribution is 2.21. The summed E-state index contributed by atoms with van der Waals surface area (Å²) in [5.74, 6) is 0.947. The van der Waals surface area contributed by atoms with Gasteiger partial charge in [0.1, 0.15) is 5.75 Å². The molecule has 0 saturated carbocycles. The van der Waals surface area contributed by atoms with Crippen LogP contribution in [0.5, 0.6) is 5.75 Å². The second-order valence-electron chi connectivity index (χ2n) is 6.24. The molecule has 2 nitrogen and oxygen atoms in total. The van der Waals surface area contributed by atoms with Gasteiger partial charge in [-0.15, -0.1) is 0 Å². The molecule has 2 heteroatoms. The van der Waals surface area contributed by atoms with Crippen molar-refractivity contribution < 1.29 is 4.74 Å². The van der Waals surface area contributed by atoms with Crippen LogP contribution in [0, 0.1) is 0 Å². The normalized spacial score (nSPS) is 12.3. The molecule has 0 bridgehead atoms. The standard InChI is InChI=1S/C21H29NO/c1-4-21(19-12-14-20(15-13-19)23-17(2)3)22-16-8-11-18-9-6-5-7-10-18/h5-7,9-10,12-15,17,21-22H,4,8,11,16H2,1-3H3. The minimum atomic E-state index is 0.221. The maximum Gasteiger partial charge on any atom is 0.119 e. The fourth-order valence-corrected chi connectivity index (χ4v) is 2.76. The lowest BCUT2D eigenvalue weighted by atomic mass is 10.0. The summed E-state index contributed by atoms with van der Waals surface area (Å²) in [5, 5.41) is 3.68. The lowest BCUT2D eigenvalue weighted by molar-refractivity contribution is 0.242. The van der Waals surface area contributed by atoms with Gasteiger partial charge >= 0.3 is 0 Å². The fourth-order valence-electron chi connectivity index (χ4n) is 2.76. The van der Waals surface area contributed by atoms with Gasteiger partial charge in [0.2, 0.25) is 0 Å². The maximum atomic E-state index is 5.71. The summed E-state index contributed by atoms with van der Waals surface area (Å²) in [7, 11) is 0. The molecule has 0 amide bonds. The maximum absolute atomic E-state index is 5.71. The molecule has 2 rings (SSSR count). The molecular weight excluding hydrogens is 282 g/mol. The number of hydrogen-bond acceptors (Lipinski definition) is 2. The molecule has 1 atom stereocenters. The Balaban J connectivity index is 1.80. The van der Waals surface area contributed by atoms with Crippen LogP contribution in [0.15, 0.2) is 54.6 Å². The molecule has 0 aliphatic rings. The molecule has 0 fully saturated rings. The van der Waals surface area contributed by atoms with Crippen LogP contribution < -0.4 is 10.1 Å². The first-order valence-corrected chi connectivity index (χ1v) is 8.73. The Hall–Kier alpha value is -1.80. The number of rotatable bonds is 9. The van der Waals surface area contributed by atoms with Crippen LogP contribution in [0.3, 0.4) is 0 Å². The third-order valence-corrected chi connectivity index (χ3v) is 3.94. The SMILES string of the molecule is CCC(NCCCc1ccccc1)c1ccc(OC(C)C)cc1. The van der Waals surface area contributed by atoms with E-state index in [2.05, 4.69) is 80.7 Å². The Kier molecular flexibility index (Phi) is 7.15. The molecule has 0 heterocycles. The van der Waals surface area contributed by atoms with Gasteiger partial charge < -0.3 is 10.1 Å². The van der Waals surface area contributed by atoms with Gasteiger partial charge in [0.25, 0.3) is 0 Å². The monoisotopic (exact) mass is 311 g/mol. The molecule has 124 valence electrons. The second kappa shape index (κ2) is 9.36. The first-order valence-electron chi connectivity index (χ1n) is 8.73. The summed E-state index contributed by atoms with van der Waals surface area (Å²) in [4.78, 5) is 0. The summed E-state index contributed by atoms with van der Waals surface area (Å²) in [6, 6.07) is 19.6. The fraction of sp³-hybridized carbons (Fsp3) is 0.429. The number of nitrogens with one attached hydrogen (secondary N) is 1. The predicted octanol–water partition coefficient (Wildman–Crippen LogP) is 5.15. The third-order valence-electron chi connectivity index (χ3n) is 3.94. The Morgan fingerprint density at radius 2 is 1.65 bits per heavy atom. The van der Waals surface area contributed by atoms with Gasteiger partial charge in [-0.25, -0.2) is 0 Å². The lowest BCUT2D eigenvalue weighted by Gasteiger charge is -2.18.